The van der Waals surface area contributed by atoms with Gasteiger partial charge in [0.1, 0.15) is 22.8 Å². The fraction of sp³-hybridized carbons (Fsp3) is 0.143. The van der Waals surface area contributed by atoms with E-state index in [1.807, 2.05) is 6.92 Å². The number of anilines is 2. The fourth-order valence-electron chi connectivity index (χ4n) is 3.72. The van der Waals surface area contributed by atoms with Crippen molar-refractivity contribution >= 4 is 52.8 Å². The number of methoxy groups -OCH3 is 1. The van der Waals surface area contributed by atoms with E-state index in [1.165, 1.54) is 25.3 Å². The van der Waals surface area contributed by atoms with Crippen LogP contribution in [0.5, 0.6) is 17.2 Å². The normalized spacial score (nSPS) is 14.2. The summed E-state index contributed by atoms with van der Waals surface area (Å²) in [4.78, 5) is 51.2. The second kappa shape index (κ2) is 12.1. The van der Waals surface area contributed by atoms with Crippen molar-refractivity contribution in [2.24, 2.45) is 0 Å². The van der Waals surface area contributed by atoms with Crippen LogP contribution in [0.15, 0.2) is 72.3 Å². The van der Waals surface area contributed by atoms with E-state index in [1.54, 1.807) is 54.6 Å². The number of halogens is 1. The first-order valence-corrected chi connectivity index (χ1v) is 12.2. The third-order valence-electron chi connectivity index (χ3n) is 5.51. The van der Waals surface area contributed by atoms with E-state index >= 15 is 0 Å². The van der Waals surface area contributed by atoms with Gasteiger partial charge in [0.05, 0.1) is 30.1 Å². The molecule has 0 saturated carbocycles. The summed E-state index contributed by atoms with van der Waals surface area (Å²) in [5, 5.41) is 5.02. The molecule has 1 fully saturated rings. The van der Waals surface area contributed by atoms with Gasteiger partial charge in [0.25, 0.3) is 17.7 Å². The fourth-order valence-corrected chi connectivity index (χ4v) is 3.96. The second-order valence-electron chi connectivity index (χ2n) is 8.11. The number of nitrogens with one attached hydrogen (secondary N) is 2. The van der Waals surface area contributed by atoms with Crippen LogP contribution in [0, 0.1) is 0 Å². The van der Waals surface area contributed by atoms with Crippen LogP contribution < -0.4 is 29.7 Å². The lowest BCUT2D eigenvalue weighted by molar-refractivity contribution is -0.122. The SMILES string of the molecule is CCOc1ccc(N2C(=O)NC(=O)/C(=C\c3ccc(OCC(=O)Nc4ccccc4OC)c(Cl)c3)C2=O)cc1. The van der Waals surface area contributed by atoms with Gasteiger partial charge >= 0.3 is 6.03 Å². The molecule has 5 amide bonds. The van der Waals surface area contributed by atoms with Crippen molar-refractivity contribution in [3.8, 4) is 17.2 Å². The van der Waals surface area contributed by atoms with E-state index in [0.29, 0.717) is 29.4 Å². The number of nitrogens with zero attached hydrogens (tertiary/aromatic N) is 1. The van der Waals surface area contributed by atoms with Crippen LogP contribution in [0.25, 0.3) is 6.08 Å². The van der Waals surface area contributed by atoms with Crippen LogP contribution in [0.4, 0.5) is 16.2 Å². The average molecular weight is 550 g/mol. The summed E-state index contributed by atoms with van der Waals surface area (Å²) in [6, 6.07) is 16.9. The quantitative estimate of drug-likeness (QED) is 0.299. The molecule has 4 rings (SSSR count). The van der Waals surface area contributed by atoms with E-state index < -0.39 is 23.8 Å². The smallest absolute Gasteiger partial charge is 0.335 e. The van der Waals surface area contributed by atoms with E-state index in [0.717, 1.165) is 4.90 Å². The molecule has 200 valence electrons. The van der Waals surface area contributed by atoms with Gasteiger partial charge < -0.3 is 19.5 Å². The van der Waals surface area contributed by atoms with Crippen LogP contribution in [-0.4, -0.2) is 44.1 Å². The van der Waals surface area contributed by atoms with Crippen molar-refractivity contribution < 1.29 is 33.4 Å². The number of para-hydroxylation sites is 2. The van der Waals surface area contributed by atoms with Gasteiger partial charge in [-0.25, -0.2) is 9.69 Å². The molecule has 1 aliphatic heterocycles. The summed E-state index contributed by atoms with van der Waals surface area (Å²) < 4.78 is 16.1. The second-order valence-corrected chi connectivity index (χ2v) is 8.52. The molecule has 0 aromatic heterocycles. The molecule has 1 heterocycles. The molecule has 3 aromatic carbocycles. The number of hydrogen-bond acceptors (Lipinski definition) is 7. The predicted molar refractivity (Wildman–Crippen MR) is 145 cm³/mol. The van der Waals surface area contributed by atoms with Crippen LogP contribution in [-0.2, 0) is 14.4 Å². The molecule has 1 aliphatic rings. The molecule has 1 saturated heterocycles. The topological polar surface area (TPSA) is 123 Å². The van der Waals surface area contributed by atoms with Crippen LogP contribution >= 0.6 is 11.6 Å². The molecule has 0 aliphatic carbocycles. The number of imide groups is 2. The molecular formula is C28H24ClN3O7. The van der Waals surface area contributed by atoms with E-state index in [9.17, 15) is 19.2 Å². The van der Waals surface area contributed by atoms with Gasteiger partial charge in [-0.2, -0.15) is 0 Å². The third kappa shape index (κ3) is 6.36. The summed E-state index contributed by atoms with van der Waals surface area (Å²) in [5.74, 6) is -0.753. The molecule has 10 nitrogen and oxygen atoms in total. The molecule has 0 unspecified atom stereocenters. The maximum absolute atomic E-state index is 13.1. The van der Waals surface area contributed by atoms with Gasteiger partial charge in [-0.15, -0.1) is 0 Å². The maximum atomic E-state index is 13.1. The molecule has 39 heavy (non-hydrogen) atoms. The minimum atomic E-state index is -0.862. The Hall–Kier alpha value is -4.83. The number of rotatable bonds is 9. The van der Waals surface area contributed by atoms with E-state index in [-0.39, 0.29) is 28.6 Å². The number of amides is 5. The van der Waals surface area contributed by atoms with Crippen LogP contribution in [0.1, 0.15) is 12.5 Å². The van der Waals surface area contributed by atoms with Gasteiger partial charge in [0.15, 0.2) is 6.61 Å². The lowest BCUT2D eigenvalue weighted by atomic mass is 10.1. The summed E-state index contributed by atoms with van der Waals surface area (Å²) in [6.07, 6.45) is 1.32. The summed E-state index contributed by atoms with van der Waals surface area (Å²) in [7, 11) is 1.50. The monoisotopic (exact) mass is 549 g/mol. The summed E-state index contributed by atoms with van der Waals surface area (Å²) in [6.45, 7) is 1.98. The molecular weight excluding hydrogens is 526 g/mol. The van der Waals surface area contributed by atoms with Crippen molar-refractivity contribution in [1.29, 1.82) is 0 Å². The number of carbonyl (C=O) groups is 4. The Labute approximate surface area is 229 Å². The molecule has 0 bridgehead atoms. The summed E-state index contributed by atoms with van der Waals surface area (Å²) >= 11 is 6.33. The highest BCUT2D eigenvalue weighted by Gasteiger charge is 2.36. The van der Waals surface area contributed by atoms with Crippen molar-refractivity contribution in [2.75, 3.05) is 30.5 Å². The largest absolute Gasteiger partial charge is 0.495 e. The van der Waals surface area contributed by atoms with Crippen molar-refractivity contribution in [1.82, 2.24) is 5.32 Å². The Kier molecular flexibility index (Phi) is 8.47. The third-order valence-corrected chi connectivity index (χ3v) is 5.81. The van der Waals surface area contributed by atoms with Crippen LogP contribution in [0.2, 0.25) is 5.02 Å². The number of benzene rings is 3. The number of carbonyl (C=O) groups excluding carboxylic acids is 4. The molecule has 11 heteroatoms. The first-order chi connectivity index (χ1) is 18.8. The van der Waals surface area contributed by atoms with E-state index in [4.69, 9.17) is 25.8 Å². The van der Waals surface area contributed by atoms with Crippen LogP contribution in [0.3, 0.4) is 0 Å². The zero-order chi connectivity index (χ0) is 27.9. The minimum absolute atomic E-state index is 0.151. The maximum Gasteiger partial charge on any atom is 0.335 e. The average Bonchev–Trinajstić information content (AvgIpc) is 2.92. The number of ether oxygens (including phenoxy) is 3. The summed E-state index contributed by atoms with van der Waals surface area (Å²) in [5.41, 5.74) is 0.914. The number of hydrogen-bond donors (Lipinski definition) is 2. The highest BCUT2D eigenvalue weighted by molar-refractivity contribution is 6.39. The Morgan fingerprint density at radius 3 is 2.44 bits per heavy atom. The predicted octanol–water partition coefficient (Wildman–Crippen LogP) is 4.43. The number of urea groups is 1. The Morgan fingerprint density at radius 1 is 1.00 bits per heavy atom. The highest BCUT2D eigenvalue weighted by Crippen LogP contribution is 2.29. The Morgan fingerprint density at radius 2 is 1.74 bits per heavy atom. The van der Waals surface area contributed by atoms with Gasteiger partial charge in [0.2, 0.25) is 0 Å². The standard InChI is InChI=1S/C28H24ClN3O7/c1-3-38-19-11-9-18(10-12-19)32-27(35)20(26(34)31-28(32)36)14-17-8-13-23(21(29)15-17)39-16-25(33)30-22-6-4-5-7-24(22)37-2/h4-15H,3,16H2,1-2H3,(H,30,33)(H,31,34,36)/b20-14+. The van der Waals surface area contributed by atoms with Gasteiger partial charge in [-0.05, 0) is 67.1 Å². The first kappa shape index (κ1) is 27.2. The van der Waals surface area contributed by atoms with Crippen molar-refractivity contribution in [2.45, 2.75) is 6.92 Å². The molecule has 0 spiro atoms. The minimum Gasteiger partial charge on any atom is -0.495 e. The Bertz CT molecular complexity index is 1450. The number of barbiturate groups is 1. The lowest BCUT2D eigenvalue weighted by Gasteiger charge is -2.26. The Balaban J connectivity index is 1.46. The first-order valence-electron chi connectivity index (χ1n) is 11.8. The molecule has 2 N–H and O–H groups in total. The lowest BCUT2D eigenvalue weighted by Crippen LogP contribution is -2.54. The van der Waals surface area contributed by atoms with Gasteiger partial charge in [-0.1, -0.05) is 29.8 Å². The zero-order valence-corrected chi connectivity index (χ0v) is 21.8. The molecule has 0 radical (unpaired) electrons. The molecule has 0 atom stereocenters. The van der Waals surface area contributed by atoms with Gasteiger partial charge in [0, 0.05) is 0 Å². The zero-order valence-electron chi connectivity index (χ0n) is 21.0. The van der Waals surface area contributed by atoms with Crippen molar-refractivity contribution in [3.05, 3.63) is 82.9 Å². The van der Waals surface area contributed by atoms with Gasteiger partial charge in [-0.3, -0.25) is 19.7 Å². The highest BCUT2D eigenvalue weighted by atomic mass is 35.5. The van der Waals surface area contributed by atoms with E-state index in [2.05, 4.69) is 10.6 Å². The molecule has 3 aromatic rings. The van der Waals surface area contributed by atoms with Crippen molar-refractivity contribution in [3.63, 3.8) is 0 Å².